The minimum atomic E-state index is -0.624. The van der Waals surface area contributed by atoms with Gasteiger partial charge in [0.05, 0.1) is 6.54 Å². The minimum Gasteiger partial charge on any atom is -0.491 e. The molecule has 6 nitrogen and oxygen atoms in total. The maximum atomic E-state index is 10.1. The molecule has 1 aromatic heterocycles. The number of aryl methyl sites for hydroxylation is 2. The molecular formula is C19H29IN4O2. The van der Waals surface area contributed by atoms with Crippen molar-refractivity contribution in [3.05, 3.63) is 53.9 Å². The van der Waals surface area contributed by atoms with Crippen molar-refractivity contribution in [1.29, 1.82) is 0 Å². The molecule has 3 N–H and O–H groups in total. The van der Waals surface area contributed by atoms with Crippen LogP contribution in [0, 0.1) is 6.92 Å². The summed E-state index contributed by atoms with van der Waals surface area (Å²) in [5.74, 6) is 1.45. The molecule has 1 unspecified atom stereocenters. The number of aliphatic imine (C=N–C) groups is 1. The van der Waals surface area contributed by atoms with Crippen molar-refractivity contribution in [1.82, 2.24) is 15.2 Å². The molecular weight excluding hydrogens is 443 g/mol. The third kappa shape index (κ3) is 8.09. The van der Waals surface area contributed by atoms with Gasteiger partial charge in [-0.1, -0.05) is 12.1 Å². The first-order valence-electron chi connectivity index (χ1n) is 8.57. The lowest BCUT2D eigenvalue weighted by Gasteiger charge is -2.16. The predicted octanol–water partition coefficient (Wildman–Crippen LogP) is 2.45. The van der Waals surface area contributed by atoms with Gasteiger partial charge in [-0.05, 0) is 43.2 Å². The predicted molar refractivity (Wildman–Crippen MR) is 116 cm³/mol. The van der Waals surface area contributed by atoms with E-state index in [9.17, 15) is 5.11 Å². The van der Waals surface area contributed by atoms with E-state index in [1.54, 1.807) is 0 Å². The second-order valence-electron chi connectivity index (χ2n) is 6.04. The lowest BCUT2D eigenvalue weighted by molar-refractivity contribution is 0.110. The maximum Gasteiger partial charge on any atom is 0.191 e. The van der Waals surface area contributed by atoms with Crippen LogP contribution in [-0.4, -0.2) is 41.4 Å². The van der Waals surface area contributed by atoms with Crippen molar-refractivity contribution >= 4 is 29.9 Å². The molecule has 0 aliphatic rings. The number of aromatic nitrogens is 1. The van der Waals surface area contributed by atoms with Crippen molar-refractivity contribution in [2.45, 2.75) is 26.5 Å². The molecule has 1 heterocycles. The van der Waals surface area contributed by atoms with Gasteiger partial charge in [0, 0.05) is 32.5 Å². The number of benzene rings is 1. The van der Waals surface area contributed by atoms with Crippen LogP contribution in [0.2, 0.25) is 0 Å². The smallest absolute Gasteiger partial charge is 0.191 e. The fourth-order valence-corrected chi connectivity index (χ4v) is 2.34. The highest BCUT2D eigenvalue weighted by Crippen LogP contribution is 2.12. The number of ether oxygens (including phenoxy) is 1. The second-order valence-corrected chi connectivity index (χ2v) is 6.04. The molecule has 0 aliphatic heterocycles. The van der Waals surface area contributed by atoms with Gasteiger partial charge in [-0.15, -0.1) is 24.0 Å². The third-order valence-corrected chi connectivity index (χ3v) is 3.59. The lowest BCUT2D eigenvalue weighted by atomic mass is 10.2. The van der Waals surface area contributed by atoms with Crippen molar-refractivity contribution in [3.8, 4) is 5.75 Å². The zero-order valence-corrected chi connectivity index (χ0v) is 17.9. The standard InChI is InChI=1S/C19H28N4O2.HI/c1-4-20-19(21-11-16-8-9-23(3)13-16)22-12-17(24)14-25-18-7-5-6-15(2)10-18;/h5-10,13,17,24H,4,11-12,14H2,1-3H3,(H2,20,21,22);1H. The number of hydrogen-bond donors (Lipinski definition) is 3. The molecule has 0 saturated carbocycles. The van der Waals surface area contributed by atoms with Gasteiger partial charge >= 0.3 is 0 Å². The quantitative estimate of drug-likeness (QED) is 0.314. The van der Waals surface area contributed by atoms with Gasteiger partial charge in [-0.25, -0.2) is 4.99 Å². The highest BCUT2D eigenvalue weighted by atomic mass is 127. The molecule has 26 heavy (non-hydrogen) atoms. The Kier molecular flexibility index (Phi) is 10.1. The average molecular weight is 472 g/mol. The number of guanidine groups is 1. The summed E-state index contributed by atoms with van der Waals surface area (Å²) in [7, 11) is 1.99. The van der Waals surface area contributed by atoms with E-state index in [1.165, 1.54) is 0 Å². The van der Waals surface area contributed by atoms with Gasteiger partial charge < -0.3 is 25.0 Å². The number of nitrogens with one attached hydrogen (secondary N) is 2. The molecule has 0 radical (unpaired) electrons. The summed E-state index contributed by atoms with van der Waals surface area (Å²) >= 11 is 0. The normalized spacial score (nSPS) is 12.2. The Morgan fingerprint density at radius 1 is 1.31 bits per heavy atom. The van der Waals surface area contributed by atoms with E-state index in [1.807, 2.05) is 68.2 Å². The molecule has 0 bridgehead atoms. The van der Waals surface area contributed by atoms with E-state index >= 15 is 0 Å². The van der Waals surface area contributed by atoms with E-state index in [-0.39, 0.29) is 30.6 Å². The van der Waals surface area contributed by atoms with Crippen LogP contribution >= 0.6 is 24.0 Å². The van der Waals surface area contributed by atoms with Crippen molar-refractivity contribution in [2.24, 2.45) is 12.0 Å². The van der Waals surface area contributed by atoms with Crippen LogP contribution in [0.25, 0.3) is 0 Å². The maximum absolute atomic E-state index is 10.1. The molecule has 7 heteroatoms. The number of halogens is 1. The summed E-state index contributed by atoms with van der Waals surface area (Å²) < 4.78 is 7.62. The Morgan fingerprint density at radius 3 is 2.77 bits per heavy atom. The van der Waals surface area contributed by atoms with E-state index < -0.39 is 6.10 Å². The zero-order valence-electron chi connectivity index (χ0n) is 15.6. The summed E-state index contributed by atoms with van der Waals surface area (Å²) in [5, 5.41) is 16.4. The molecule has 1 aromatic carbocycles. The minimum absolute atomic E-state index is 0. The largest absolute Gasteiger partial charge is 0.491 e. The second kappa shape index (κ2) is 11.8. The molecule has 2 rings (SSSR count). The van der Waals surface area contributed by atoms with Crippen LogP contribution in [0.1, 0.15) is 18.1 Å². The first-order chi connectivity index (χ1) is 12.1. The molecule has 2 aromatic rings. The zero-order chi connectivity index (χ0) is 18.1. The molecule has 0 saturated heterocycles. The van der Waals surface area contributed by atoms with Crippen LogP contribution in [0.4, 0.5) is 0 Å². The van der Waals surface area contributed by atoms with Crippen LogP contribution < -0.4 is 15.4 Å². The summed E-state index contributed by atoms with van der Waals surface area (Å²) in [6, 6.07) is 9.83. The summed E-state index contributed by atoms with van der Waals surface area (Å²) in [6.45, 7) is 5.97. The van der Waals surface area contributed by atoms with Gasteiger partial charge in [0.15, 0.2) is 5.96 Å². The number of nitrogens with zero attached hydrogens (tertiary/aromatic N) is 2. The molecule has 0 amide bonds. The Balaban J connectivity index is 0.00000338. The average Bonchev–Trinajstić information content (AvgIpc) is 3.01. The van der Waals surface area contributed by atoms with Crippen molar-refractivity contribution < 1.29 is 9.84 Å². The Labute approximate surface area is 172 Å². The summed E-state index contributed by atoms with van der Waals surface area (Å²) in [6.07, 6.45) is 3.41. The van der Waals surface area contributed by atoms with Gasteiger partial charge in [-0.3, -0.25) is 0 Å². The van der Waals surface area contributed by atoms with Crippen LogP contribution in [0.3, 0.4) is 0 Å². The third-order valence-electron chi connectivity index (χ3n) is 3.59. The van der Waals surface area contributed by atoms with Crippen molar-refractivity contribution in [3.63, 3.8) is 0 Å². The van der Waals surface area contributed by atoms with Gasteiger partial charge in [-0.2, -0.15) is 0 Å². The SMILES string of the molecule is CCNC(=NCc1ccn(C)c1)NCC(O)COc1cccc(C)c1.I. The number of hydrogen-bond acceptors (Lipinski definition) is 3. The first-order valence-corrected chi connectivity index (χ1v) is 8.57. The first kappa shape index (κ1) is 22.3. The monoisotopic (exact) mass is 472 g/mol. The molecule has 0 fully saturated rings. The van der Waals surface area contributed by atoms with Crippen LogP contribution in [-0.2, 0) is 13.6 Å². The highest BCUT2D eigenvalue weighted by molar-refractivity contribution is 14.0. The van der Waals surface area contributed by atoms with Crippen molar-refractivity contribution in [2.75, 3.05) is 19.7 Å². The molecule has 0 aliphatic carbocycles. The number of aliphatic hydroxyl groups is 1. The molecule has 1 atom stereocenters. The highest BCUT2D eigenvalue weighted by Gasteiger charge is 2.07. The van der Waals surface area contributed by atoms with Gasteiger partial charge in [0.25, 0.3) is 0 Å². The van der Waals surface area contributed by atoms with E-state index in [4.69, 9.17) is 4.74 Å². The Bertz CT molecular complexity index is 688. The fraction of sp³-hybridized carbons (Fsp3) is 0.421. The molecule has 0 spiro atoms. The van der Waals surface area contributed by atoms with Crippen LogP contribution in [0.5, 0.6) is 5.75 Å². The van der Waals surface area contributed by atoms with Gasteiger partial charge in [0.2, 0.25) is 0 Å². The fourth-order valence-electron chi connectivity index (χ4n) is 2.34. The topological polar surface area (TPSA) is 70.8 Å². The summed E-state index contributed by atoms with van der Waals surface area (Å²) in [5.41, 5.74) is 2.27. The number of rotatable bonds is 8. The lowest BCUT2D eigenvalue weighted by Crippen LogP contribution is -2.42. The Hall–Kier alpha value is -1.74. The van der Waals surface area contributed by atoms with Gasteiger partial charge in [0.1, 0.15) is 18.5 Å². The van der Waals surface area contributed by atoms with Crippen LogP contribution in [0.15, 0.2) is 47.7 Å². The van der Waals surface area contributed by atoms with E-state index in [0.717, 1.165) is 23.4 Å². The Morgan fingerprint density at radius 2 is 2.12 bits per heavy atom. The van der Waals surface area contributed by atoms with E-state index in [0.29, 0.717) is 19.0 Å². The number of aliphatic hydroxyl groups excluding tert-OH is 1. The summed E-state index contributed by atoms with van der Waals surface area (Å²) in [4.78, 5) is 4.53. The molecule has 144 valence electrons. The van der Waals surface area contributed by atoms with E-state index in [2.05, 4.69) is 15.6 Å².